The fourth-order valence-corrected chi connectivity index (χ4v) is 1.39. The van der Waals surface area contributed by atoms with E-state index >= 15 is 0 Å². The molecule has 1 heterocycles. The minimum absolute atomic E-state index is 0.191. The van der Waals surface area contributed by atoms with Crippen molar-refractivity contribution in [3.05, 3.63) is 35.9 Å². The predicted octanol–water partition coefficient (Wildman–Crippen LogP) is 0.506. The van der Waals surface area contributed by atoms with Gasteiger partial charge in [-0.3, -0.25) is 15.3 Å². The zero-order valence-corrected chi connectivity index (χ0v) is 6.97. The third-order valence-electron chi connectivity index (χ3n) is 2.06. The first-order valence-corrected chi connectivity index (χ1v) is 4.08. The molecule has 68 valence electrons. The van der Waals surface area contributed by atoms with Crippen molar-refractivity contribution in [2.75, 3.05) is 6.54 Å². The summed E-state index contributed by atoms with van der Waals surface area (Å²) in [6.07, 6.45) is -0.395. The first-order chi connectivity index (χ1) is 6.29. The number of carbonyl (C=O) groups excluding carboxylic acids is 1. The highest BCUT2D eigenvalue weighted by molar-refractivity contribution is 5.79. The lowest BCUT2D eigenvalue weighted by Crippen LogP contribution is -2.26. The van der Waals surface area contributed by atoms with Gasteiger partial charge in [-0.25, -0.2) is 5.06 Å². The Bertz CT molecular complexity index is 313. The fraction of sp³-hybridized carbons (Fsp3) is 0.222. The van der Waals surface area contributed by atoms with Crippen molar-refractivity contribution in [1.29, 1.82) is 0 Å². The Balaban J connectivity index is 2.24. The largest absolute Gasteiger partial charge is 0.284 e. The van der Waals surface area contributed by atoms with Crippen LogP contribution in [0.5, 0.6) is 0 Å². The van der Waals surface area contributed by atoms with Gasteiger partial charge in [0.1, 0.15) is 6.17 Å². The van der Waals surface area contributed by atoms with Gasteiger partial charge >= 0.3 is 0 Å². The monoisotopic (exact) mass is 178 g/mol. The van der Waals surface area contributed by atoms with Crippen molar-refractivity contribution in [3.63, 3.8) is 0 Å². The number of hydrogen-bond donors (Lipinski definition) is 2. The Morgan fingerprint density at radius 1 is 1.38 bits per heavy atom. The van der Waals surface area contributed by atoms with Crippen LogP contribution in [0.25, 0.3) is 0 Å². The van der Waals surface area contributed by atoms with E-state index in [9.17, 15) is 10.0 Å². The summed E-state index contributed by atoms with van der Waals surface area (Å²) < 4.78 is 0. The summed E-state index contributed by atoms with van der Waals surface area (Å²) in [6.45, 7) is 0.191. The summed E-state index contributed by atoms with van der Waals surface area (Å²) in [5, 5.41) is 13.0. The molecule has 1 aromatic rings. The molecule has 0 aromatic heterocycles. The highest BCUT2D eigenvalue weighted by atomic mass is 16.5. The third-order valence-corrected chi connectivity index (χ3v) is 2.06. The quantitative estimate of drug-likeness (QED) is 0.616. The Morgan fingerprint density at radius 3 is 2.62 bits per heavy atom. The summed E-state index contributed by atoms with van der Waals surface area (Å²) in [6, 6.07) is 9.35. The number of hydrogen-bond acceptors (Lipinski definition) is 3. The summed E-state index contributed by atoms with van der Waals surface area (Å²) in [4.78, 5) is 11.0. The fourth-order valence-electron chi connectivity index (χ4n) is 1.39. The molecule has 1 atom stereocenters. The SMILES string of the molecule is O=C1CN[C@H](c2ccccc2)N1O. The van der Waals surface area contributed by atoms with Crippen LogP contribution in [-0.2, 0) is 4.79 Å². The van der Waals surface area contributed by atoms with Gasteiger partial charge in [-0.15, -0.1) is 0 Å². The second-order valence-electron chi connectivity index (χ2n) is 2.93. The number of rotatable bonds is 1. The lowest BCUT2D eigenvalue weighted by atomic mass is 10.2. The second-order valence-corrected chi connectivity index (χ2v) is 2.93. The number of carbonyl (C=O) groups is 1. The number of nitrogens with one attached hydrogen (secondary N) is 1. The summed E-state index contributed by atoms with van der Waals surface area (Å²) in [5.41, 5.74) is 0.885. The predicted molar refractivity (Wildman–Crippen MR) is 45.8 cm³/mol. The number of hydroxylamine groups is 2. The highest BCUT2D eigenvalue weighted by Gasteiger charge is 2.29. The van der Waals surface area contributed by atoms with Gasteiger partial charge in [-0.1, -0.05) is 30.3 Å². The van der Waals surface area contributed by atoms with Gasteiger partial charge in [0.2, 0.25) is 0 Å². The first kappa shape index (κ1) is 8.22. The van der Waals surface area contributed by atoms with Crippen molar-refractivity contribution in [2.24, 2.45) is 0 Å². The average molecular weight is 178 g/mol. The standard InChI is InChI=1S/C9H10N2O2/c12-8-6-10-9(11(8)13)7-4-2-1-3-5-7/h1-5,9-10,13H,6H2/t9-/m0/s1. The normalized spacial score (nSPS) is 22.4. The van der Waals surface area contributed by atoms with E-state index in [0.717, 1.165) is 10.6 Å². The molecule has 1 fully saturated rings. The van der Waals surface area contributed by atoms with E-state index in [-0.39, 0.29) is 12.5 Å². The minimum atomic E-state index is -0.395. The van der Waals surface area contributed by atoms with Crippen LogP contribution in [0.15, 0.2) is 30.3 Å². The highest BCUT2D eigenvalue weighted by Crippen LogP contribution is 2.19. The zero-order chi connectivity index (χ0) is 9.26. The summed E-state index contributed by atoms with van der Waals surface area (Å²) >= 11 is 0. The molecular weight excluding hydrogens is 168 g/mol. The Labute approximate surface area is 75.7 Å². The van der Waals surface area contributed by atoms with Crippen LogP contribution >= 0.6 is 0 Å². The van der Waals surface area contributed by atoms with Gasteiger partial charge in [0, 0.05) is 0 Å². The molecule has 0 unspecified atom stereocenters. The van der Waals surface area contributed by atoms with Crippen LogP contribution in [0.4, 0.5) is 0 Å². The Hall–Kier alpha value is -1.39. The first-order valence-electron chi connectivity index (χ1n) is 4.08. The van der Waals surface area contributed by atoms with E-state index < -0.39 is 6.17 Å². The molecule has 13 heavy (non-hydrogen) atoms. The minimum Gasteiger partial charge on any atom is -0.284 e. The van der Waals surface area contributed by atoms with Gasteiger partial charge in [-0.05, 0) is 5.56 Å². The van der Waals surface area contributed by atoms with Crippen molar-refractivity contribution in [3.8, 4) is 0 Å². The zero-order valence-electron chi connectivity index (χ0n) is 6.97. The van der Waals surface area contributed by atoms with E-state index in [1.807, 2.05) is 30.3 Å². The van der Waals surface area contributed by atoms with Gasteiger partial charge < -0.3 is 0 Å². The van der Waals surface area contributed by atoms with Crippen LogP contribution in [0.1, 0.15) is 11.7 Å². The van der Waals surface area contributed by atoms with Gasteiger partial charge in [0.05, 0.1) is 6.54 Å². The maximum absolute atomic E-state index is 11.0. The molecule has 2 rings (SSSR count). The average Bonchev–Trinajstić information content (AvgIpc) is 2.49. The molecule has 2 N–H and O–H groups in total. The van der Waals surface area contributed by atoms with Crippen LogP contribution in [-0.4, -0.2) is 22.7 Å². The molecule has 4 nitrogen and oxygen atoms in total. The molecule has 1 aliphatic rings. The van der Waals surface area contributed by atoms with Gasteiger partial charge in [0.25, 0.3) is 5.91 Å². The molecule has 0 radical (unpaired) electrons. The van der Waals surface area contributed by atoms with Crippen molar-refractivity contribution in [2.45, 2.75) is 6.17 Å². The Kier molecular flexibility index (Phi) is 2.00. The van der Waals surface area contributed by atoms with E-state index in [1.165, 1.54) is 0 Å². The molecular formula is C9H10N2O2. The molecule has 1 aromatic carbocycles. The smallest absolute Gasteiger partial charge is 0.261 e. The molecule has 1 amide bonds. The van der Waals surface area contributed by atoms with E-state index in [2.05, 4.69) is 5.32 Å². The van der Waals surface area contributed by atoms with E-state index in [1.54, 1.807) is 0 Å². The third kappa shape index (κ3) is 1.41. The van der Waals surface area contributed by atoms with Crippen molar-refractivity contribution >= 4 is 5.91 Å². The Morgan fingerprint density at radius 2 is 2.08 bits per heavy atom. The number of nitrogens with zero attached hydrogens (tertiary/aromatic N) is 1. The van der Waals surface area contributed by atoms with Crippen molar-refractivity contribution in [1.82, 2.24) is 10.4 Å². The molecule has 0 bridgehead atoms. The van der Waals surface area contributed by atoms with E-state index in [0.29, 0.717) is 0 Å². The topological polar surface area (TPSA) is 52.6 Å². The lowest BCUT2D eigenvalue weighted by molar-refractivity contribution is -0.165. The van der Waals surface area contributed by atoms with E-state index in [4.69, 9.17) is 0 Å². The molecule has 4 heteroatoms. The second kappa shape index (κ2) is 3.16. The van der Waals surface area contributed by atoms with Crippen LogP contribution < -0.4 is 5.32 Å². The van der Waals surface area contributed by atoms with Crippen LogP contribution in [0.2, 0.25) is 0 Å². The molecule has 1 aliphatic heterocycles. The van der Waals surface area contributed by atoms with Gasteiger partial charge in [-0.2, -0.15) is 0 Å². The van der Waals surface area contributed by atoms with Crippen LogP contribution in [0, 0.1) is 0 Å². The summed E-state index contributed by atoms with van der Waals surface area (Å²) in [7, 11) is 0. The van der Waals surface area contributed by atoms with Crippen LogP contribution in [0.3, 0.4) is 0 Å². The maximum atomic E-state index is 11.0. The molecule has 0 saturated carbocycles. The lowest BCUT2D eigenvalue weighted by Gasteiger charge is -2.17. The van der Waals surface area contributed by atoms with Gasteiger partial charge in [0.15, 0.2) is 0 Å². The summed E-state index contributed by atoms with van der Waals surface area (Å²) in [5.74, 6) is -0.297. The number of amides is 1. The molecule has 0 spiro atoms. The molecule has 0 aliphatic carbocycles. The number of benzene rings is 1. The van der Waals surface area contributed by atoms with Crippen molar-refractivity contribution < 1.29 is 10.0 Å². The molecule has 1 saturated heterocycles. The maximum Gasteiger partial charge on any atom is 0.261 e.